The SMILES string of the molecule is Oc1ccc(Cc2ccccc2)cc1/C=N\Nc1nc(N2CCCCC2)nc(N2CCCCC2)n1. The molecule has 0 aliphatic carbocycles. The minimum absolute atomic E-state index is 0.186. The predicted molar refractivity (Wildman–Crippen MR) is 141 cm³/mol. The maximum atomic E-state index is 10.4. The minimum Gasteiger partial charge on any atom is -0.507 e. The van der Waals surface area contributed by atoms with E-state index in [1.54, 1.807) is 12.3 Å². The van der Waals surface area contributed by atoms with Gasteiger partial charge in [-0.2, -0.15) is 20.1 Å². The molecule has 8 heteroatoms. The van der Waals surface area contributed by atoms with Gasteiger partial charge in [0, 0.05) is 31.7 Å². The van der Waals surface area contributed by atoms with E-state index in [1.165, 1.54) is 18.4 Å². The van der Waals surface area contributed by atoms with Crippen molar-refractivity contribution in [1.82, 2.24) is 15.0 Å². The lowest BCUT2D eigenvalue weighted by Crippen LogP contribution is -2.34. The molecular formula is C27H33N7O. The van der Waals surface area contributed by atoms with E-state index in [9.17, 15) is 5.11 Å². The average molecular weight is 472 g/mol. The molecule has 5 rings (SSSR count). The number of hydrazone groups is 1. The van der Waals surface area contributed by atoms with Crippen molar-refractivity contribution in [1.29, 1.82) is 0 Å². The van der Waals surface area contributed by atoms with E-state index in [2.05, 4.69) is 42.4 Å². The maximum absolute atomic E-state index is 10.4. The van der Waals surface area contributed by atoms with Crippen LogP contribution in [-0.2, 0) is 6.42 Å². The van der Waals surface area contributed by atoms with E-state index in [0.717, 1.165) is 63.8 Å². The third-order valence-corrected chi connectivity index (χ3v) is 6.60. The van der Waals surface area contributed by atoms with Crippen molar-refractivity contribution >= 4 is 24.1 Å². The number of aromatic hydroxyl groups is 1. The first-order valence-electron chi connectivity index (χ1n) is 12.7. The summed E-state index contributed by atoms with van der Waals surface area (Å²) in [4.78, 5) is 18.6. The number of hydrogen-bond donors (Lipinski definition) is 2. The number of aromatic nitrogens is 3. The third kappa shape index (κ3) is 6.07. The largest absolute Gasteiger partial charge is 0.507 e. The molecule has 8 nitrogen and oxygen atoms in total. The molecule has 35 heavy (non-hydrogen) atoms. The normalized spacial score (nSPS) is 16.6. The Morgan fingerprint density at radius 2 is 1.40 bits per heavy atom. The summed E-state index contributed by atoms with van der Waals surface area (Å²) in [5.41, 5.74) is 5.97. The summed E-state index contributed by atoms with van der Waals surface area (Å²) in [5, 5.41) is 14.7. The van der Waals surface area contributed by atoms with Crippen LogP contribution >= 0.6 is 0 Å². The molecule has 2 N–H and O–H groups in total. The molecule has 2 aliphatic heterocycles. The Labute approximate surface area is 206 Å². The number of phenolic OH excluding ortho intramolecular Hbond substituents is 1. The molecule has 182 valence electrons. The topological polar surface area (TPSA) is 89.8 Å². The maximum Gasteiger partial charge on any atom is 0.250 e. The number of phenols is 1. The van der Waals surface area contributed by atoms with Crippen LogP contribution in [0.1, 0.15) is 55.2 Å². The number of piperidine rings is 2. The lowest BCUT2D eigenvalue weighted by molar-refractivity contribution is 0.474. The summed E-state index contributed by atoms with van der Waals surface area (Å²) in [7, 11) is 0. The van der Waals surface area contributed by atoms with Gasteiger partial charge in [0.25, 0.3) is 0 Å². The summed E-state index contributed by atoms with van der Waals surface area (Å²) in [5.74, 6) is 2.04. The van der Waals surface area contributed by atoms with Crippen molar-refractivity contribution < 1.29 is 5.11 Å². The van der Waals surface area contributed by atoms with Crippen LogP contribution in [-0.4, -0.2) is 52.5 Å². The molecule has 2 saturated heterocycles. The van der Waals surface area contributed by atoms with E-state index in [1.807, 2.05) is 30.3 Å². The molecule has 0 spiro atoms. The Balaban J connectivity index is 1.34. The van der Waals surface area contributed by atoms with Gasteiger partial charge in [-0.05, 0) is 68.2 Å². The van der Waals surface area contributed by atoms with Gasteiger partial charge in [0.1, 0.15) is 5.75 Å². The van der Waals surface area contributed by atoms with Gasteiger partial charge in [0.15, 0.2) is 0 Å². The van der Waals surface area contributed by atoms with Gasteiger partial charge in [-0.25, -0.2) is 5.43 Å². The van der Waals surface area contributed by atoms with Crippen molar-refractivity contribution in [3.63, 3.8) is 0 Å². The van der Waals surface area contributed by atoms with Crippen molar-refractivity contribution in [2.75, 3.05) is 41.4 Å². The standard InChI is InChI=1S/C27H33N7O/c35-24-13-12-22(18-21-10-4-1-5-11-21)19-23(24)20-28-32-25-29-26(33-14-6-2-7-15-33)31-27(30-25)34-16-8-3-9-17-34/h1,4-5,10-13,19-20,35H,2-3,6-9,14-18H2,(H,29,30,31,32)/b28-20-. The van der Waals surface area contributed by atoms with Gasteiger partial charge in [-0.3, -0.25) is 0 Å². The number of nitrogens with one attached hydrogen (secondary N) is 1. The molecule has 0 saturated carbocycles. The highest BCUT2D eigenvalue weighted by Crippen LogP contribution is 2.23. The van der Waals surface area contributed by atoms with Crippen LogP contribution in [0.15, 0.2) is 53.6 Å². The Bertz CT molecular complexity index is 1100. The van der Waals surface area contributed by atoms with E-state index in [0.29, 0.717) is 23.4 Å². The molecule has 0 amide bonds. The van der Waals surface area contributed by atoms with Gasteiger partial charge in [0.2, 0.25) is 17.8 Å². The monoisotopic (exact) mass is 471 g/mol. The molecule has 0 unspecified atom stereocenters. The fraction of sp³-hybridized carbons (Fsp3) is 0.407. The fourth-order valence-corrected chi connectivity index (χ4v) is 4.68. The van der Waals surface area contributed by atoms with E-state index in [4.69, 9.17) is 4.98 Å². The highest BCUT2D eigenvalue weighted by molar-refractivity contribution is 5.84. The summed E-state index contributed by atoms with van der Waals surface area (Å²) in [6.45, 7) is 3.87. The summed E-state index contributed by atoms with van der Waals surface area (Å²) < 4.78 is 0. The van der Waals surface area contributed by atoms with Crippen LogP contribution in [0, 0.1) is 0 Å². The minimum atomic E-state index is 0.186. The zero-order chi connectivity index (χ0) is 23.9. The second-order valence-corrected chi connectivity index (χ2v) is 9.28. The smallest absolute Gasteiger partial charge is 0.250 e. The van der Waals surface area contributed by atoms with E-state index in [-0.39, 0.29) is 5.75 Å². The first-order chi connectivity index (χ1) is 17.2. The summed E-state index contributed by atoms with van der Waals surface area (Å²) >= 11 is 0. The Kier molecular flexibility index (Phi) is 7.36. The van der Waals surface area contributed by atoms with Crippen molar-refractivity contribution in [2.45, 2.75) is 44.9 Å². The van der Waals surface area contributed by atoms with Gasteiger partial charge in [-0.1, -0.05) is 36.4 Å². The Morgan fingerprint density at radius 3 is 2.03 bits per heavy atom. The molecule has 0 radical (unpaired) electrons. The molecule has 2 aliphatic rings. The number of rotatable bonds is 7. The molecule has 2 aromatic carbocycles. The Morgan fingerprint density at radius 1 is 0.771 bits per heavy atom. The van der Waals surface area contributed by atoms with E-state index >= 15 is 0 Å². The number of benzene rings is 2. The van der Waals surface area contributed by atoms with Crippen LogP contribution in [0.4, 0.5) is 17.8 Å². The van der Waals surface area contributed by atoms with Crippen molar-refractivity contribution in [3.8, 4) is 5.75 Å². The third-order valence-electron chi connectivity index (χ3n) is 6.60. The van der Waals surface area contributed by atoms with Crippen LogP contribution in [0.3, 0.4) is 0 Å². The molecule has 0 bridgehead atoms. The number of anilines is 3. The summed E-state index contributed by atoms with van der Waals surface area (Å²) in [6.07, 6.45) is 9.55. The van der Waals surface area contributed by atoms with Gasteiger partial charge in [-0.15, -0.1) is 0 Å². The molecular weight excluding hydrogens is 438 g/mol. The quantitative estimate of drug-likeness (QED) is 0.385. The van der Waals surface area contributed by atoms with Crippen LogP contribution in [0.25, 0.3) is 0 Å². The fourth-order valence-electron chi connectivity index (χ4n) is 4.68. The average Bonchev–Trinajstić information content (AvgIpc) is 2.92. The van der Waals surface area contributed by atoms with Crippen LogP contribution in [0.5, 0.6) is 5.75 Å². The van der Waals surface area contributed by atoms with Crippen molar-refractivity contribution in [3.05, 3.63) is 65.2 Å². The van der Waals surface area contributed by atoms with Gasteiger partial charge in [0.05, 0.1) is 6.21 Å². The second-order valence-electron chi connectivity index (χ2n) is 9.28. The molecule has 1 aromatic heterocycles. The number of hydrogen-bond acceptors (Lipinski definition) is 8. The lowest BCUT2D eigenvalue weighted by Gasteiger charge is -2.30. The Hall–Kier alpha value is -3.68. The molecule has 0 atom stereocenters. The summed E-state index contributed by atoms with van der Waals surface area (Å²) in [6, 6.07) is 15.9. The van der Waals surface area contributed by atoms with Gasteiger partial charge >= 0.3 is 0 Å². The highest BCUT2D eigenvalue weighted by atomic mass is 16.3. The van der Waals surface area contributed by atoms with E-state index < -0.39 is 0 Å². The molecule has 2 fully saturated rings. The first kappa shape index (κ1) is 23.1. The molecule has 3 aromatic rings. The van der Waals surface area contributed by atoms with Gasteiger partial charge < -0.3 is 14.9 Å². The second kappa shape index (κ2) is 11.2. The zero-order valence-corrected chi connectivity index (χ0v) is 20.1. The van der Waals surface area contributed by atoms with Crippen LogP contribution in [0.2, 0.25) is 0 Å². The first-order valence-corrected chi connectivity index (χ1v) is 12.7. The lowest BCUT2D eigenvalue weighted by atomic mass is 10.0. The predicted octanol–water partition coefficient (Wildman–Crippen LogP) is 4.59. The highest BCUT2D eigenvalue weighted by Gasteiger charge is 2.20. The zero-order valence-electron chi connectivity index (χ0n) is 20.1. The van der Waals surface area contributed by atoms with Crippen LogP contribution < -0.4 is 15.2 Å². The molecule has 3 heterocycles. The number of nitrogens with zero attached hydrogens (tertiary/aromatic N) is 6. The van der Waals surface area contributed by atoms with Crippen molar-refractivity contribution in [2.24, 2.45) is 5.10 Å².